The van der Waals surface area contributed by atoms with Crippen molar-refractivity contribution in [2.45, 2.75) is 0 Å². The van der Waals surface area contributed by atoms with Crippen molar-refractivity contribution in [3.8, 4) is 0 Å². The van der Waals surface area contributed by atoms with Crippen molar-refractivity contribution in [1.82, 2.24) is 4.98 Å². The minimum Gasteiger partial charge on any atom is -0.395 e. The Morgan fingerprint density at radius 1 is 1.33 bits per heavy atom. The number of aromatic nitrogens is 1. The molecule has 2 rings (SSSR count). The van der Waals surface area contributed by atoms with Gasteiger partial charge in [-0.15, -0.1) is 0 Å². The number of pyridine rings is 1. The lowest BCUT2D eigenvalue weighted by molar-refractivity contribution is 0.320. The number of hydrogen-bond donors (Lipinski definition) is 2. The number of nitrogens with zero attached hydrogens (tertiary/aromatic N) is 1. The van der Waals surface area contributed by atoms with Gasteiger partial charge in [-0.3, -0.25) is 9.71 Å². The molecule has 18 heavy (non-hydrogen) atoms. The minimum absolute atomic E-state index is 0.350. The number of nitrogens with one attached hydrogen (secondary N) is 1. The average Bonchev–Trinajstić information content (AvgIpc) is 2.33. The Hall–Kier alpha value is -1.37. The first-order valence-electron chi connectivity index (χ1n) is 5.18. The summed E-state index contributed by atoms with van der Waals surface area (Å²) in [6, 6.07) is 6.63. The molecule has 0 fully saturated rings. The Kier molecular flexibility index (Phi) is 3.70. The fourth-order valence-corrected chi connectivity index (χ4v) is 2.62. The Balaban J connectivity index is 2.50. The molecule has 1 aromatic heterocycles. The van der Waals surface area contributed by atoms with E-state index >= 15 is 0 Å². The van der Waals surface area contributed by atoms with Crippen molar-refractivity contribution in [3.05, 3.63) is 35.5 Å². The highest BCUT2D eigenvalue weighted by molar-refractivity contribution is 7.92. The van der Waals surface area contributed by atoms with Crippen molar-refractivity contribution in [2.24, 2.45) is 0 Å². The largest absolute Gasteiger partial charge is 0.395 e. The fourth-order valence-electron chi connectivity index (χ4n) is 1.56. The Bertz CT molecular complexity index is 673. The first-order valence-corrected chi connectivity index (χ1v) is 7.21. The maximum atomic E-state index is 11.6. The third kappa shape index (κ3) is 2.72. The van der Waals surface area contributed by atoms with Crippen molar-refractivity contribution in [3.63, 3.8) is 0 Å². The molecule has 2 aromatic rings. The van der Waals surface area contributed by atoms with E-state index in [1.165, 1.54) is 0 Å². The average molecular weight is 287 g/mol. The molecule has 0 spiro atoms. The smallest absolute Gasteiger partial charge is 0.235 e. The summed E-state index contributed by atoms with van der Waals surface area (Å²) >= 11 is 6.00. The summed E-state index contributed by atoms with van der Waals surface area (Å²) in [4.78, 5) is 4.11. The Morgan fingerprint density at radius 3 is 2.83 bits per heavy atom. The van der Waals surface area contributed by atoms with Crippen LogP contribution in [0.5, 0.6) is 0 Å². The summed E-state index contributed by atoms with van der Waals surface area (Å²) in [7, 11) is -3.57. The van der Waals surface area contributed by atoms with Crippen LogP contribution in [0, 0.1) is 0 Å². The summed E-state index contributed by atoms with van der Waals surface area (Å²) in [6.07, 6.45) is 1.56. The van der Waals surface area contributed by atoms with Gasteiger partial charge >= 0.3 is 0 Å². The van der Waals surface area contributed by atoms with Crippen molar-refractivity contribution >= 4 is 38.2 Å². The van der Waals surface area contributed by atoms with Gasteiger partial charge in [-0.05, 0) is 24.3 Å². The maximum Gasteiger partial charge on any atom is 0.235 e. The minimum atomic E-state index is -3.57. The first-order chi connectivity index (χ1) is 8.53. The standard InChI is InChI=1S/C11H11ClN2O3S/c12-9-3-4-10(14-18(16,17)7-6-15)11-8(9)2-1-5-13-11/h1-5,14-15H,6-7H2. The van der Waals surface area contributed by atoms with Gasteiger partial charge in [0.05, 0.1) is 28.6 Å². The summed E-state index contributed by atoms with van der Waals surface area (Å²) in [5.74, 6) is -0.357. The third-order valence-electron chi connectivity index (χ3n) is 2.34. The number of halogens is 1. The van der Waals surface area contributed by atoms with Crippen LogP contribution in [0.1, 0.15) is 0 Å². The van der Waals surface area contributed by atoms with Gasteiger partial charge in [-0.2, -0.15) is 0 Å². The zero-order chi connectivity index (χ0) is 13.2. The van der Waals surface area contributed by atoms with E-state index in [2.05, 4.69) is 9.71 Å². The highest BCUT2D eigenvalue weighted by Crippen LogP contribution is 2.28. The Labute approximate surface area is 109 Å². The Morgan fingerprint density at radius 2 is 2.11 bits per heavy atom. The van der Waals surface area contributed by atoms with Gasteiger partial charge in [0.2, 0.25) is 10.0 Å². The molecule has 1 heterocycles. The fraction of sp³-hybridized carbons (Fsp3) is 0.182. The van der Waals surface area contributed by atoms with Crippen LogP contribution in [0.25, 0.3) is 10.9 Å². The molecular weight excluding hydrogens is 276 g/mol. The molecule has 0 amide bonds. The molecule has 0 atom stereocenters. The molecule has 1 aromatic carbocycles. The molecule has 0 aliphatic carbocycles. The second kappa shape index (κ2) is 5.09. The number of aliphatic hydroxyl groups is 1. The predicted molar refractivity (Wildman–Crippen MR) is 71.2 cm³/mol. The molecule has 2 N–H and O–H groups in total. The highest BCUT2D eigenvalue weighted by atomic mass is 35.5. The van der Waals surface area contributed by atoms with E-state index in [1.807, 2.05) is 0 Å². The molecule has 0 aliphatic rings. The van der Waals surface area contributed by atoms with E-state index in [0.29, 0.717) is 21.6 Å². The molecule has 0 saturated heterocycles. The number of sulfonamides is 1. The van der Waals surface area contributed by atoms with E-state index in [-0.39, 0.29) is 5.75 Å². The third-order valence-corrected chi connectivity index (χ3v) is 3.92. The van der Waals surface area contributed by atoms with Crippen LogP contribution >= 0.6 is 11.6 Å². The lowest BCUT2D eigenvalue weighted by Gasteiger charge is -2.09. The number of anilines is 1. The lowest BCUT2D eigenvalue weighted by atomic mass is 10.2. The first kappa shape index (κ1) is 13.1. The van der Waals surface area contributed by atoms with Crippen LogP contribution in [0.2, 0.25) is 5.02 Å². The predicted octanol–water partition coefficient (Wildman–Crippen LogP) is 1.62. The van der Waals surface area contributed by atoms with E-state index < -0.39 is 16.6 Å². The van der Waals surface area contributed by atoms with Crippen LogP contribution in [-0.4, -0.2) is 30.9 Å². The SMILES string of the molecule is O=S(=O)(CCO)Nc1ccc(Cl)c2cccnc12. The lowest BCUT2D eigenvalue weighted by Crippen LogP contribution is -2.19. The van der Waals surface area contributed by atoms with Gasteiger partial charge in [0, 0.05) is 11.6 Å². The summed E-state index contributed by atoms with van der Waals surface area (Å²) in [5.41, 5.74) is 0.829. The summed E-state index contributed by atoms with van der Waals surface area (Å²) in [6.45, 7) is -0.436. The maximum absolute atomic E-state index is 11.6. The zero-order valence-corrected chi connectivity index (χ0v) is 10.9. The quantitative estimate of drug-likeness (QED) is 0.895. The normalized spacial score (nSPS) is 11.7. The van der Waals surface area contributed by atoms with Gasteiger partial charge in [0.15, 0.2) is 0 Å². The number of hydrogen-bond acceptors (Lipinski definition) is 4. The van der Waals surface area contributed by atoms with Crippen molar-refractivity contribution in [1.29, 1.82) is 0 Å². The second-order valence-electron chi connectivity index (χ2n) is 3.64. The van der Waals surface area contributed by atoms with Gasteiger partial charge in [0.25, 0.3) is 0 Å². The molecule has 0 bridgehead atoms. The molecule has 96 valence electrons. The number of benzene rings is 1. The molecular formula is C11H11ClN2O3S. The summed E-state index contributed by atoms with van der Waals surface area (Å²) < 4.78 is 25.6. The molecule has 0 saturated carbocycles. The van der Waals surface area contributed by atoms with E-state index in [4.69, 9.17) is 16.7 Å². The molecule has 5 nitrogen and oxygen atoms in total. The van der Waals surface area contributed by atoms with Gasteiger partial charge in [0.1, 0.15) is 0 Å². The highest BCUT2D eigenvalue weighted by Gasteiger charge is 2.13. The van der Waals surface area contributed by atoms with E-state index in [0.717, 1.165) is 0 Å². The monoisotopic (exact) mass is 286 g/mol. The summed E-state index contributed by atoms with van der Waals surface area (Å²) in [5, 5.41) is 9.85. The number of rotatable bonds is 4. The van der Waals surface area contributed by atoms with Crippen LogP contribution < -0.4 is 4.72 Å². The van der Waals surface area contributed by atoms with Crippen LogP contribution in [0.3, 0.4) is 0 Å². The van der Waals surface area contributed by atoms with Crippen LogP contribution in [-0.2, 0) is 10.0 Å². The zero-order valence-electron chi connectivity index (χ0n) is 9.30. The van der Waals surface area contributed by atoms with Crippen molar-refractivity contribution < 1.29 is 13.5 Å². The molecule has 0 aliphatic heterocycles. The van der Waals surface area contributed by atoms with E-state index in [1.54, 1.807) is 30.5 Å². The van der Waals surface area contributed by atoms with E-state index in [9.17, 15) is 8.42 Å². The van der Waals surface area contributed by atoms with Crippen LogP contribution in [0.4, 0.5) is 5.69 Å². The van der Waals surface area contributed by atoms with Crippen LogP contribution in [0.15, 0.2) is 30.5 Å². The molecule has 7 heteroatoms. The topological polar surface area (TPSA) is 79.3 Å². The second-order valence-corrected chi connectivity index (χ2v) is 5.89. The molecule has 0 unspecified atom stereocenters. The number of aliphatic hydroxyl groups excluding tert-OH is 1. The van der Waals surface area contributed by atoms with Crippen molar-refractivity contribution in [2.75, 3.05) is 17.1 Å². The van der Waals surface area contributed by atoms with Gasteiger partial charge in [-0.1, -0.05) is 11.6 Å². The van der Waals surface area contributed by atoms with Gasteiger partial charge in [-0.25, -0.2) is 8.42 Å². The number of fused-ring (bicyclic) bond motifs is 1. The molecule has 0 radical (unpaired) electrons. The van der Waals surface area contributed by atoms with Gasteiger partial charge < -0.3 is 5.11 Å².